The maximum absolute atomic E-state index is 5.47. The van der Waals surface area contributed by atoms with Gasteiger partial charge in [-0.2, -0.15) is 0 Å². The van der Waals surface area contributed by atoms with Gasteiger partial charge in [-0.05, 0) is 19.3 Å². The summed E-state index contributed by atoms with van der Waals surface area (Å²) >= 11 is 3.29. The Hall–Kier alpha value is 0.360. The Bertz CT molecular complexity index is 115. The second-order valence-electron chi connectivity index (χ2n) is 2.97. The largest absolute Gasteiger partial charge is 0.378 e. The van der Waals surface area contributed by atoms with E-state index in [1.54, 1.807) is 0 Å². The number of ether oxygens (including phenoxy) is 3. The number of alkyl halides is 1. The molecule has 1 aliphatic rings. The highest BCUT2D eigenvalue weighted by Crippen LogP contribution is 2.13. The smallest absolute Gasteiger partial charge is 0.157 e. The molecule has 1 heterocycles. The minimum Gasteiger partial charge on any atom is -0.378 e. The van der Waals surface area contributed by atoms with E-state index in [9.17, 15) is 0 Å². The van der Waals surface area contributed by atoms with Crippen LogP contribution >= 0.6 is 15.9 Å². The van der Waals surface area contributed by atoms with Gasteiger partial charge in [-0.1, -0.05) is 15.9 Å². The maximum Gasteiger partial charge on any atom is 0.157 e. The SMILES string of the molecule is BrCCOCCOC1CCCCO1. The number of hydrogen-bond acceptors (Lipinski definition) is 3. The van der Waals surface area contributed by atoms with Crippen LogP contribution in [0.25, 0.3) is 0 Å². The number of hydrogen-bond donors (Lipinski definition) is 0. The topological polar surface area (TPSA) is 27.7 Å². The standard InChI is InChI=1S/C9H17BrO3/c10-4-6-11-7-8-13-9-3-1-2-5-12-9/h9H,1-8H2. The minimum absolute atomic E-state index is 0.0151. The van der Waals surface area contributed by atoms with Gasteiger partial charge in [0.25, 0.3) is 0 Å². The first kappa shape index (κ1) is 11.4. The molecule has 78 valence electrons. The van der Waals surface area contributed by atoms with Gasteiger partial charge in [0.1, 0.15) is 0 Å². The van der Waals surface area contributed by atoms with Crippen LogP contribution in [0.1, 0.15) is 19.3 Å². The highest BCUT2D eigenvalue weighted by molar-refractivity contribution is 9.09. The first-order valence-electron chi connectivity index (χ1n) is 4.80. The van der Waals surface area contributed by atoms with Crippen LogP contribution in [0.2, 0.25) is 0 Å². The van der Waals surface area contributed by atoms with Gasteiger partial charge < -0.3 is 14.2 Å². The molecule has 0 aromatic heterocycles. The molecule has 0 bridgehead atoms. The number of rotatable bonds is 6. The van der Waals surface area contributed by atoms with Gasteiger partial charge in [-0.25, -0.2) is 0 Å². The highest BCUT2D eigenvalue weighted by Gasteiger charge is 2.13. The first-order valence-corrected chi connectivity index (χ1v) is 5.92. The molecule has 0 aromatic rings. The van der Waals surface area contributed by atoms with Gasteiger partial charge in [-0.3, -0.25) is 0 Å². The van der Waals surface area contributed by atoms with Crippen LogP contribution in [-0.4, -0.2) is 38.0 Å². The van der Waals surface area contributed by atoms with Crippen molar-refractivity contribution in [2.45, 2.75) is 25.6 Å². The monoisotopic (exact) mass is 252 g/mol. The van der Waals surface area contributed by atoms with Gasteiger partial charge >= 0.3 is 0 Å². The van der Waals surface area contributed by atoms with Crippen LogP contribution < -0.4 is 0 Å². The van der Waals surface area contributed by atoms with Gasteiger partial charge in [0.05, 0.1) is 19.8 Å². The summed E-state index contributed by atoms with van der Waals surface area (Å²) in [5.41, 5.74) is 0. The molecule has 13 heavy (non-hydrogen) atoms. The molecule has 0 amide bonds. The lowest BCUT2D eigenvalue weighted by Crippen LogP contribution is -2.24. The van der Waals surface area contributed by atoms with Gasteiger partial charge in [0.15, 0.2) is 6.29 Å². The molecule has 1 saturated heterocycles. The molecular weight excluding hydrogens is 236 g/mol. The normalized spacial score (nSPS) is 23.3. The van der Waals surface area contributed by atoms with E-state index in [2.05, 4.69) is 15.9 Å². The average molecular weight is 253 g/mol. The molecule has 0 spiro atoms. The average Bonchev–Trinajstić information content (AvgIpc) is 2.19. The lowest BCUT2D eigenvalue weighted by Gasteiger charge is -2.22. The zero-order valence-electron chi connectivity index (χ0n) is 7.84. The molecule has 1 unspecified atom stereocenters. The molecule has 1 atom stereocenters. The van der Waals surface area contributed by atoms with Gasteiger partial charge in [-0.15, -0.1) is 0 Å². The molecule has 4 heteroatoms. The minimum atomic E-state index is 0.0151. The molecule has 3 nitrogen and oxygen atoms in total. The van der Waals surface area contributed by atoms with E-state index >= 15 is 0 Å². The van der Waals surface area contributed by atoms with Crippen LogP contribution in [0, 0.1) is 0 Å². The summed E-state index contributed by atoms with van der Waals surface area (Å²) in [6.07, 6.45) is 3.42. The first-order chi connectivity index (χ1) is 6.43. The number of halogens is 1. The Kier molecular flexibility index (Phi) is 6.80. The van der Waals surface area contributed by atoms with Crippen molar-refractivity contribution in [3.05, 3.63) is 0 Å². The third kappa shape index (κ3) is 5.62. The molecule has 1 aliphatic heterocycles. The summed E-state index contributed by atoms with van der Waals surface area (Å²) in [5.74, 6) is 0. The van der Waals surface area contributed by atoms with E-state index in [-0.39, 0.29) is 6.29 Å². The fourth-order valence-electron chi connectivity index (χ4n) is 1.24. The fraction of sp³-hybridized carbons (Fsp3) is 1.00. The molecule has 0 aromatic carbocycles. The summed E-state index contributed by atoms with van der Waals surface area (Å²) in [4.78, 5) is 0. The Balaban J connectivity index is 1.86. The Morgan fingerprint density at radius 1 is 1.23 bits per heavy atom. The Morgan fingerprint density at radius 3 is 2.85 bits per heavy atom. The van der Waals surface area contributed by atoms with Crippen LogP contribution in [-0.2, 0) is 14.2 Å². The molecule has 0 radical (unpaired) electrons. The van der Waals surface area contributed by atoms with E-state index in [1.807, 2.05) is 0 Å². The third-order valence-electron chi connectivity index (χ3n) is 1.89. The van der Waals surface area contributed by atoms with Crippen molar-refractivity contribution in [1.82, 2.24) is 0 Å². The van der Waals surface area contributed by atoms with E-state index in [0.717, 1.165) is 25.0 Å². The van der Waals surface area contributed by atoms with Crippen molar-refractivity contribution in [1.29, 1.82) is 0 Å². The molecule has 1 rings (SSSR count). The fourth-order valence-corrected chi connectivity index (χ4v) is 1.47. The van der Waals surface area contributed by atoms with E-state index < -0.39 is 0 Å². The highest BCUT2D eigenvalue weighted by atomic mass is 79.9. The predicted octanol–water partition coefficient (Wildman–Crippen LogP) is 1.94. The second-order valence-corrected chi connectivity index (χ2v) is 3.76. The third-order valence-corrected chi connectivity index (χ3v) is 2.21. The summed E-state index contributed by atoms with van der Waals surface area (Å²) in [5, 5.41) is 0.882. The van der Waals surface area contributed by atoms with Crippen LogP contribution in [0.5, 0.6) is 0 Å². The second kappa shape index (κ2) is 7.74. The van der Waals surface area contributed by atoms with Gasteiger partial charge in [0.2, 0.25) is 0 Å². The molecule has 0 aliphatic carbocycles. The van der Waals surface area contributed by atoms with Gasteiger partial charge in [0, 0.05) is 11.9 Å². The summed E-state index contributed by atoms with van der Waals surface area (Å²) in [6.45, 7) is 2.88. The van der Waals surface area contributed by atoms with Crippen LogP contribution in [0.15, 0.2) is 0 Å². The van der Waals surface area contributed by atoms with Crippen molar-refractivity contribution >= 4 is 15.9 Å². The molecule has 1 fully saturated rings. The van der Waals surface area contributed by atoms with Crippen molar-refractivity contribution < 1.29 is 14.2 Å². The van der Waals surface area contributed by atoms with E-state index in [4.69, 9.17) is 14.2 Å². The lowest BCUT2D eigenvalue weighted by atomic mass is 10.2. The van der Waals surface area contributed by atoms with E-state index in [0.29, 0.717) is 13.2 Å². The summed E-state index contributed by atoms with van der Waals surface area (Å²) in [6, 6.07) is 0. The van der Waals surface area contributed by atoms with Crippen molar-refractivity contribution in [2.75, 3.05) is 31.8 Å². The molecule has 0 N–H and O–H groups in total. The molecular formula is C9H17BrO3. The Labute approximate surface area is 87.9 Å². The molecule has 0 saturated carbocycles. The predicted molar refractivity (Wildman–Crippen MR) is 54.2 cm³/mol. The summed E-state index contributed by atoms with van der Waals surface area (Å²) < 4.78 is 16.1. The van der Waals surface area contributed by atoms with Crippen LogP contribution in [0.4, 0.5) is 0 Å². The zero-order valence-corrected chi connectivity index (χ0v) is 9.42. The van der Waals surface area contributed by atoms with Crippen molar-refractivity contribution in [3.63, 3.8) is 0 Å². The lowest BCUT2D eigenvalue weighted by molar-refractivity contribution is -0.168. The van der Waals surface area contributed by atoms with Crippen molar-refractivity contribution in [2.24, 2.45) is 0 Å². The van der Waals surface area contributed by atoms with Crippen LogP contribution in [0.3, 0.4) is 0 Å². The summed E-state index contributed by atoms with van der Waals surface area (Å²) in [7, 11) is 0. The van der Waals surface area contributed by atoms with E-state index in [1.165, 1.54) is 12.8 Å². The van der Waals surface area contributed by atoms with Crippen molar-refractivity contribution in [3.8, 4) is 0 Å². The maximum atomic E-state index is 5.47. The Morgan fingerprint density at radius 2 is 2.15 bits per heavy atom. The quantitative estimate of drug-likeness (QED) is 0.535. The zero-order chi connectivity index (χ0) is 9.36.